The molecule has 5 nitrogen and oxygen atoms in total. The molecule has 1 aliphatic rings. The van der Waals surface area contributed by atoms with Crippen molar-refractivity contribution in [3.8, 4) is 17.2 Å². The summed E-state index contributed by atoms with van der Waals surface area (Å²) < 4.78 is 11.5. The van der Waals surface area contributed by atoms with Crippen LogP contribution in [0.25, 0.3) is 11.5 Å². The summed E-state index contributed by atoms with van der Waals surface area (Å²) in [7, 11) is 1.64. The number of hydrogen-bond donors (Lipinski definition) is 1. The Bertz CT molecular complexity index is 608. The maximum atomic E-state index is 6.19. The van der Waals surface area contributed by atoms with Crippen LogP contribution in [0.4, 0.5) is 0 Å². The Labute approximate surface area is 124 Å². The van der Waals surface area contributed by atoms with E-state index in [1.54, 1.807) is 7.11 Å². The first kappa shape index (κ1) is 12.9. The van der Waals surface area contributed by atoms with Crippen LogP contribution in [0.5, 0.6) is 5.75 Å². The smallest absolute Gasteiger partial charge is 0.259 e. The Kier molecular flexibility index (Phi) is 3.22. The zero-order valence-corrected chi connectivity index (χ0v) is 12.7. The maximum Gasteiger partial charge on any atom is 0.259 e. The highest BCUT2D eigenvalue weighted by Crippen LogP contribution is 2.38. The summed E-state index contributed by atoms with van der Waals surface area (Å²) in [5.41, 5.74) is 6.71. The third kappa shape index (κ3) is 2.23. The van der Waals surface area contributed by atoms with E-state index >= 15 is 0 Å². The Morgan fingerprint density at radius 3 is 2.79 bits per heavy atom. The molecule has 0 bridgehead atoms. The summed E-state index contributed by atoms with van der Waals surface area (Å²) in [6.07, 6.45) is 2.97. The third-order valence-corrected chi connectivity index (χ3v) is 4.42. The monoisotopic (exact) mass is 371 g/mol. The first-order chi connectivity index (χ1) is 9.12. The van der Waals surface area contributed by atoms with Gasteiger partial charge in [0, 0.05) is 3.57 Å². The largest absolute Gasteiger partial charge is 0.497 e. The van der Waals surface area contributed by atoms with Crippen molar-refractivity contribution in [2.75, 3.05) is 7.11 Å². The van der Waals surface area contributed by atoms with Gasteiger partial charge in [-0.15, -0.1) is 0 Å². The zero-order valence-electron chi connectivity index (χ0n) is 10.5. The third-order valence-electron chi connectivity index (χ3n) is 3.52. The SMILES string of the molecule is COc1ccc(-c2nc(C3(N)CCC3)no2)c(I)c1. The van der Waals surface area contributed by atoms with Crippen molar-refractivity contribution in [2.24, 2.45) is 5.73 Å². The molecule has 0 spiro atoms. The van der Waals surface area contributed by atoms with Gasteiger partial charge in [0.15, 0.2) is 5.82 Å². The van der Waals surface area contributed by atoms with Crippen LogP contribution in [-0.4, -0.2) is 17.3 Å². The van der Waals surface area contributed by atoms with E-state index in [1.807, 2.05) is 18.2 Å². The molecule has 1 fully saturated rings. The molecule has 3 rings (SSSR count). The molecule has 1 aliphatic carbocycles. The lowest BCUT2D eigenvalue weighted by molar-refractivity contribution is 0.229. The molecule has 1 aromatic heterocycles. The van der Waals surface area contributed by atoms with E-state index in [1.165, 1.54) is 0 Å². The van der Waals surface area contributed by atoms with Crippen molar-refractivity contribution < 1.29 is 9.26 Å². The van der Waals surface area contributed by atoms with E-state index in [-0.39, 0.29) is 5.54 Å². The first-order valence-corrected chi connectivity index (χ1v) is 7.17. The minimum Gasteiger partial charge on any atom is -0.497 e. The van der Waals surface area contributed by atoms with E-state index in [0.717, 1.165) is 34.1 Å². The molecule has 6 heteroatoms. The molecule has 100 valence electrons. The highest BCUT2D eigenvalue weighted by atomic mass is 127. The van der Waals surface area contributed by atoms with Crippen LogP contribution in [0, 0.1) is 3.57 Å². The molecule has 2 N–H and O–H groups in total. The summed E-state index contributed by atoms with van der Waals surface area (Å²) in [4.78, 5) is 4.44. The number of ether oxygens (including phenoxy) is 1. The molecule has 2 aromatic rings. The number of hydrogen-bond acceptors (Lipinski definition) is 5. The molecule has 1 heterocycles. The average molecular weight is 371 g/mol. The van der Waals surface area contributed by atoms with E-state index in [0.29, 0.717) is 11.7 Å². The number of nitrogens with zero attached hydrogens (tertiary/aromatic N) is 2. The Morgan fingerprint density at radius 2 is 2.21 bits per heavy atom. The predicted octanol–water partition coefficient (Wildman–Crippen LogP) is 2.69. The Hall–Kier alpha value is -1.15. The van der Waals surface area contributed by atoms with Crippen molar-refractivity contribution in [1.82, 2.24) is 10.1 Å². The fourth-order valence-corrected chi connectivity index (χ4v) is 2.83. The van der Waals surface area contributed by atoms with Gasteiger partial charge in [0.1, 0.15) is 5.75 Å². The van der Waals surface area contributed by atoms with Crippen molar-refractivity contribution in [1.29, 1.82) is 0 Å². The topological polar surface area (TPSA) is 74.2 Å². The second kappa shape index (κ2) is 4.75. The number of nitrogens with two attached hydrogens (primary N) is 1. The quantitative estimate of drug-likeness (QED) is 0.840. The highest BCUT2D eigenvalue weighted by molar-refractivity contribution is 14.1. The molecule has 1 aromatic carbocycles. The fraction of sp³-hybridized carbons (Fsp3) is 0.385. The van der Waals surface area contributed by atoms with Crippen LogP contribution < -0.4 is 10.5 Å². The van der Waals surface area contributed by atoms with Crippen molar-refractivity contribution in [3.05, 3.63) is 27.6 Å². The number of aromatic nitrogens is 2. The summed E-state index contributed by atoms with van der Waals surface area (Å²) in [6, 6.07) is 5.73. The van der Waals surface area contributed by atoms with Crippen molar-refractivity contribution in [2.45, 2.75) is 24.8 Å². The first-order valence-electron chi connectivity index (χ1n) is 6.09. The van der Waals surface area contributed by atoms with Gasteiger partial charge in [-0.3, -0.25) is 0 Å². The standard InChI is InChI=1S/C13H14IN3O2/c1-18-8-3-4-9(10(14)7-8)11-16-12(17-19-11)13(15)5-2-6-13/h3-4,7H,2,5-6,15H2,1H3. The zero-order chi connectivity index (χ0) is 13.5. The van der Waals surface area contributed by atoms with E-state index < -0.39 is 0 Å². The summed E-state index contributed by atoms with van der Waals surface area (Å²) >= 11 is 2.23. The molecule has 0 aliphatic heterocycles. The lowest BCUT2D eigenvalue weighted by atomic mass is 9.77. The molecular formula is C13H14IN3O2. The average Bonchev–Trinajstić information content (AvgIpc) is 2.85. The molecule has 0 atom stereocenters. The lowest BCUT2D eigenvalue weighted by Crippen LogP contribution is -2.44. The number of methoxy groups -OCH3 is 1. The van der Waals surface area contributed by atoms with E-state index in [9.17, 15) is 0 Å². The van der Waals surface area contributed by atoms with Gasteiger partial charge in [0.2, 0.25) is 0 Å². The second-order valence-corrected chi connectivity index (χ2v) is 5.94. The van der Waals surface area contributed by atoms with Crippen LogP contribution >= 0.6 is 22.6 Å². The van der Waals surface area contributed by atoms with Crippen molar-refractivity contribution in [3.63, 3.8) is 0 Å². The fourth-order valence-electron chi connectivity index (χ4n) is 2.11. The summed E-state index contributed by atoms with van der Waals surface area (Å²) in [6.45, 7) is 0. The predicted molar refractivity (Wildman–Crippen MR) is 78.7 cm³/mol. The lowest BCUT2D eigenvalue weighted by Gasteiger charge is -2.34. The molecule has 19 heavy (non-hydrogen) atoms. The van der Waals surface area contributed by atoms with Crippen LogP contribution in [0.2, 0.25) is 0 Å². The summed E-state index contributed by atoms with van der Waals surface area (Å²) in [5.74, 6) is 1.93. The maximum absolute atomic E-state index is 6.19. The van der Waals surface area contributed by atoms with Crippen LogP contribution in [0.15, 0.2) is 22.7 Å². The number of benzene rings is 1. The molecule has 0 amide bonds. The minimum absolute atomic E-state index is 0.389. The normalized spacial score (nSPS) is 17.0. The van der Waals surface area contributed by atoms with Gasteiger partial charge < -0.3 is 15.0 Å². The minimum atomic E-state index is -0.389. The Balaban J connectivity index is 1.94. The highest BCUT2D eigenvalue weighted by Gasteiger charge is 2.39. The molecule has 0 saturated heterocycles. The number of halogens is 1. The van der Waals surface area contributed by atoms with Gasteiger partial charge in [-0.2, -0.15) is 4.98 Å². The van der Waals surface area contributed by atoms with E-state index in [4.69, 9.17) is 15.0 Å². The van der Waals surface area contributed by atoms with Gasteiger partial charge in [-0.25, -0.2) is 0 Å². The van der Waals surface area contributed by atoms with Crippen molar-refractivity contribution >= 4 is 22.6 Å². The second-order valence-electron chi connectivity index (χ2n) is 4.78. The van der Waals surface area contributed by atoms with Gasteiger partial charge in [0.05, 0.1) is 18.2 Å². The molecule has 1 saturated carbocycles. The van der Waals surface area contributed by atoms with Gasteiger partial charge in [-0.1, -0.05) is 5.16 Å². The number of rotatable bonds is 3. The van der Waals surface area contributed by atoms with Crippen LogP contribution in [0.3, 0.4) is 0 Å². The van der Waals surface area contributed by atoms with Crippen LogP contribution in [0.1, 0.15) is 25.1 Å². The van der Waals surface area contributed by atoms with Crippen LogP contribution in [-0.2, 0) is 5.54 Å². The molecule has 0 unspecified atom stereocenters. The van der Waals surface area contributed by atoms with E-state index in [2.05, 4.69) is 32.7 Å². The molecular weight excluding hydrogens is 357 g/mol. The van der Waals surface area contributed by atoms with Gasteiger partial charge >= 0.3 is 0 Å². The van der Waals surface area contributed by atoms with Gasteiger partial charge in [-0.05, 0) is 60.1 Å². The Morgan fingerprint density at radius 1 is 1.42 bits per heavy atom. The van der Waals surface area contributed by atoms with Gasteiger partial charge in [0.25, 0.3) is 5.89 Å². The summed E-state index contributed by atoms with van der Waals surface area (Å²) in [5, 5.41) is 4.02. The molecule has 0 radical (unpaired) electrons.